The SMILES string of the molecule is COc1ccc2c(c1)CCN(c1ccc(F)cc1)C2(C)c1ccc(C=Cc2nnc(CC(C)C)o2)cc1. The predicted molar refractivity (Wildman–Crippen MR) is 145 cm³/mol. The highest BCUT2D eigenvalue weighted by Gasteiger charge is 2.40. The van der Waals surface area contributed by atoms with E-state index in [1.54, 1.807) is 7.11 Å². The molecule has 1 unspecified atom stereocenters. The number of anilines is 1. The van der Waals surface area contributed by atoms with Crippen LogP contribution in [0.4, 0.5) is 10.1 Å². The molecule has 2 heterocycles. The molecule has 0 saturated heterocycles. The van der Waals surface area contributed by atoms with E-state index in [1.165, 1.54) is 23.3 Å². The summed E-state index contributed by atoms with van der Waals surface area (Å²) < 4.78 is 25.0. The molecular formula is C31H32FN3O2. The van der Waals surface area contributed by atoms with Crippen molar-refractivity contribution in [2.75, 3.05) is 18.6 Å². The Morgan fingerprint density at radius 2 is 1.78 bits per heavy atom. The minimum atomic E-state index is -0.446. The third-order valence-corrected chi connectivity index (χ3v) is 7.08. The molecule has 190 valence electrons. The van der Waals surface area contributed by atoms with Gasteiger partial charge >= 0.3 is 0 Å². The highest BCUT2D eigenvalue weighted by atomic mass is 19.1. The zero-order valence-electron chi connectivity index (χ0n) is 21.7. The molecule has 5 rings (SSSR count). The fourth-order valence-electron chi connectivity index (χ4n) is 5.15. The van der Waals surface area contributed by atoms with Crippen LogP contribution in [-0.4, -0.2) is 23.9 Å². The van der Waals surface area contributed by atoms with Crippen LogP contribution in [0.3, 0.4) is 0 Å². The van der Waals surface area contributed by atoms with Crippen molar-refractivity contribution in [3.63, 3.8) is 0 Å². The Hall–Kier alpha value is -3.93. The lowest BCUT2D eigenvalue weighted by Crippen LogP contribution is -2.49. The Labute approximate surface area is 217 Å². The number of hydrogen-bond acceptors (Lipinski definition) is 5. The van der Waals surface area contributed by atoms with Gasteiger partial charge in [-0.25, -0.2) is 4.39 Å². The fourth-order valence-corrected chi connectivity index (χ4v) is 5.15. The first-order chi connectivity index (χ1) is 17.9. The zero-order chi connectivity index (χ0) is 26.0. The monoisotopic (exact) mass is 497 g/mol. The van der Waals surface area contributed by atoms with Crippen LogP contribution < -0.4 is 9.64 Å². The van der Waals surface area contributed by atoms with E-state index in [4.69, 9.17) is 9.15 Å². The van der Waals surface area contributed by atoms with E-state index in [2.05, 4.69) is 72.3 Å². The number of fused-ring (bicyclic) bond motifs is 1. The minimum absolute atomic E-state index is 0.235. The Kier molecular flexibility index (Phi) is 6.83. The molecule has 0 saturated carbocycles. The second kappa shape index (κ2) is 10.2. The first-order valence-electron chi connectivity index (χ1n) is 12.7. The van der Waals surface area contributed by atoms with Gasteiger partial charge in [-0.2, -0.15) is 0 Å². The van der Waals surface area contributed by atoms with Crippen LogP contribution in [0.15, 0.2) is 71.1 Å². The Bertz CT molecular complexity index is 1390. The highest BCUT2D eigenvalue weighted by molar-refractivity contribution is 5.67. The summed E-state index contributed by atoms with van der Waals surface area (Å²) in [5.74, 6) is 2.25. The number of halogens is 1. The summed E-state index contributed by atoms with van der Waals surface area (Å²) in [6.07, 6.45) is 5.48. The normalized spacial score (nSPS) is 17.4. The van der Waals surface area contributed by atoms with Gasteiger partial charge in [0.15, 0.2) is 0 Å². The quantitative estimate of drug-likeness (QED) is 0.278. The first-order valence-corrected chi connectivity index (χ1v) is 12.7. The number of benzene rings is 3. The maximum Gasteiger partial charge on any atom is 0.240 e. The molecule has 1 aliphatic heterocycles. The van der Waals surface area contributed by atoms with Crippen LogP contribution in [0.25, 0.3) is 12.2 Å². The summed E-state index contributed by atoms with van der Waals surface area (Å²) in [7, 11) is 1.69. The van der Waals surface area contributed by atoms with Gasteiger partial charge in [-0.05, 0) is 84.0 Å². The van der Waals surface area contributed by atoms with E-state index in [-0.39, 0.29) is 5.82 Å². The summed E-state index contributed by atoms with van der Waals surface area (Å²) >= 11 is 0. The van der Waals surface area contributed by atoms with Gasteiger partial charge < -0.3 is 14.1 Å². The summed E-state index contributed by atoms with van der Waals surface area (Å²) in [4.78, 5) is 2.36. The molecule has 0 spiro atoms. The molecular weight excluding hydrogens is 465 g/mol. The van der Waals surface area contributed by atoms with Crippen LogP contribution in [0.5, 0.6) is 5.75 Å². The summed E-state index contributed by atoms with van der Waals surface area (Å²) in [6.45, 7) is 7.29. The van der Waals surface area contributed by atoms with E-state index < -0.39 is 5.54 Å². The maximum absolute atomic E-state index is 13.7. The van der Waals surface area contributed by atoms with Gasteiger partial charge in [0.2, 0.25) is 11.8 Å². The number of rotatable bonds is 7. The average Bonchev–Trinajstić information content (AvgIpc) is 3.35. The van der Waals surface area contributed by atoms with Crippen LogP contribution in [0.1, 0.15) is 54.8 Å². The lowest BCUT2D eigenvalue weighted by molar-refractivity contribution is 0.411. The van der Waals surface area contributed by atoms with Crippen molar-refractivity contribution in [3.05, 3.63) is 107 Å². The van der Waals surface area contributed by atoms with Gasteiger partial charge in [-0.3, -0.25) is 0 Å². The number of hydrogen-bond donors (Lipinski definition) is 0. The van der Waals surface area contributed by atoms with Crippen LogP contribution in [0.2, 0.25) is 0 Å². The fraction of sp³-hybridized carbons (Fsp3) is 0.290. The van der Waals surface area contributed by atoms with Crippen molar-refractivity contribution in [1.29, 1.82) is 0 Å². The van der Waals surface area contributed by atoms with Crippen molar-refractivity contribution in [3.8, 4) is 5.75 Å². The first kappa shape index (κ1) is 24.8. The topological polar surface area (TPSA) is 51.4 Å². The number of aromatic nitrogens is 2. The molecule has 0 aliphatic carbocycles. The highest BCUT2D eigenvalue weighted by Crippen LogP contribution is 2.44. The lowest BCUT2D eigenvalue weighted by Gasteiger charge is -2.48. The molecule has 0 amide bonds. The minimum Gasteiger partial charge on any atom is -0.497 e. The van der Waals surface area contributed by atoms with Crippen LogP contribution >= 0.6 is 0 Å². The van der Waals surface area contributed by atoms with Crippen LogP contribution in [0, 0.1) is 11.7 Å². The third-order valence-electron chi connectivity index (χ3n) is 7.08. The van der Waals surface area contributed by atoms with Gasteiger partial charge in [0.25, 0.3) is 0 Å². The molecule has 0 bridgehead atoms. The largest absolute Gasteiger partial charge is 0.497 e. The third kappa shape index (κ3) is 5.01. The van der Waals surface area contributed by atoms with Crippen molar-refractivity contribution in [2.45, 2.75) is 39.2 Å². The number of ether oxygens (including phenoxy) is 1. The molecule has 4 aromatic rings. The van der Waals surface area contributed by atoms with Crippen LogP contribution in [-0.2, 0) is 18.4 Å². The molecule has 0 N–H and O–H groups in total. The molecule has 1 aliphatic rings. The van der Waals surface area contributed by atoms with Gasteiger partial charge in [0.1, 0.15) is 11.6 Å². The van der Waals surface area contributed by atoms with Gasteiger partial charge in [0, 0.05) is 24.7 Å². The van der Waals surface area contributed by atoms with E-state index in [0.717, 1.165) is 42.0 Å². The molecule has 37 heavy (non-hydrogen) atoms. The van der Waals surface area contributed by atoms with Crippen molar-refractivity contribution >= 4 is 17.8 Å². The van der Waals surface area contributed by atoms with E-state index >= 15 is 0 Å². The number of nitrogens with zero attached hydrogens (tertiary/aromatic N) is 3. The molecule has 3 aromatic carbocycles. The Morgan fingerprint density at radius 3 is 2.49 bits per heavy atom. The maximum atomic E-state index is 13.7. The molecule has 0 radical (unpaired) electrons. The summed E-state index contributed by atoms with van der Waals surface area (Å²) in [6, 6.07) is 21.6. The van der Waals surface area contributed by atoms with Gasteiger partial charge in [-0.15, -0.1) is 10.2 Å². The smallest absolute Gasteiger partial charge is 0.240 e. The second-order valence-electron chi connectivity index (χ2n) is 10.1. The standard InChI is InChI=1S/C31H32FN3O2/c1-21(2)19-30-34-33-29(37-30)16-7-22-5-8-24(9-6-22)31(3)28-15-14-27(36-4)20-23(28)17-18-35(31)26-12-10-25(32)11-13-26/h5-16,20-21H,17-19H2,1-4H3. The Balaban J connectivity index is 1.48. The van der Waals surface area contributed by atoms with Crippen molar-refractivity contribution in [1.82, 2.24) is 10.2 Å². The van der Waals surface area contributed by atoms with Gasteiger partial charge in [-0.1, -0.05) is 44.2 Å². The van der Waals surface area contributed by atoms with E-state index in [0.29, 0.717) is 17.7 Å². The molecule has 6 heteroatoms. The molecule has 1 atom stereocenters. The van der Waals surface area contributed by atoms with Crippen molar-refractivity contribution < 1.29 is 13.5 Å². The van der Waals surface area contributed by atoms with E-state index in [9.17, 15) is 4.39 Å². The summed E-state index contributed by atoms with van der Waals surface area (Å²) in [5.41, 5.74) is 5.21. The lowest BCUT2D eigenvalue weighted by atomic mass is 9.76. The number of methoxy groups -OCH3 is 1. The predicted octanol–water partition coefficient (Wildman–Crippen LogP) is 6.91. The Morgan fingerprint density at radius 1 is 1.03 bits per heavy atom. The van der Waals surface area contributed by atoms with Gasteiger partial charge in [0.05, 0.1) is 12.6 Å². The summed E-state index contributed by atoms with van der Waals surface area (Å²) in [5, 5.41) is 8.25. The van der Waals surface area contributed by atoms with E-state index in [1.807, 2.05) is 30.4 Å². The second-order valence-corrected chi connectivity index (χ2v) is 10.1. The zero-order valence-corrected chi connectivity index (χ0v) is 21.7. The van der Waals surface area contributed by atoms with Crippen molar-refractivity contribution in [2.24, 2.45) is 5.92 Å². The average molecular weight is 498 g/mol. The molecule has 0 fully saturated rings. The molecule has 5 nitrogen and oxygen atoms in total. The molecule has 1 aromatic heterocycles.